The van der Waals surface area contributed by atoms with E-state index in [1.165, 1.54) is 4.90 Å². The first-order chi connectivity index (χ1) is 8.81. The van der Waals surface area contributed by atoms with Gasteiger partial charge in [-0.3, -0.25) is 0 Å². The number of rotatable bonds is 4. The maximum Gasteiger partial charge on any atom is 0.0806 e. The van der Waals surface area contributed by atoms with Crippen LogP contribution in [0.3, 0.4) is 0 Å². The van der Waals surface area contributed by atoms with Gasteiger partial charge in [0.2, 0.25) is 0 Å². The van der Waals surface area contributed by atoms with Crippen LogP contribution in [-0.4, -0.2) is 5.75 Å². The van der Waals surface area contributed by atoms with Crippen molar-refractivity contribution in [1.82, 2.24) is 0 Å². The van der Waals surface area contributed by atoms with Crippen LogP contribution in [0.4, 0.5) is 0 Å². The number of hydrogen-bond acceptors (Lipinski definition) is 2. The van der Waals surface area contributed by atoms with Gasteiger partial charge in [0.05, 0.1) is 12.0 Å². The van der Waals surface area contributed by atoms with Gasteiger partial charge < -0.3 is 0 Å². The normalized spacial score (nSPS) is 11.8. The van der Waals surface area contributed by atoms with Crippen LogP contribution in [0.25, 0.3) is 0 Å². The Bertz CT molecular complexity index is 548. The smallest absolute Gasteiger partial charge is 0.0806 e. The molecule has 0 aliphatic rings. The van der Waals surface area contributed by atoms with Crippen LogP contribution < -0.4 is 0 Å². The van der Waals surface area contributed by atoms with E-state index in [4.69, 9.17) is 0 Å². The van der Waals surface area contributed by atoms with Gasteiger partial charge in [-0.2, -0.15) is 5.26 Å². The molecule has 90 valence electrons. The summed E-state index contributed by atoms with van der Waals surface area (Å²) in [5, 5.41) is 9.25. The Labute approximate surface area is 120 Å². The minimum Gasteiger partial charge on any atom is -0.198 e. The fourth-order valence-electron chi connectivity index (χ4n) is 1.63. The van der Waals surface area contributed by atoms with Crippen LogP contribution in [0, 0.1) is 11.3 Å². The number of thioether (sulfide) groups is 1. The van der Waals surface area contributed by atoms with Crippen molar-refractivity contribution in [3.05, 3.63) is 64.6 Å². The van der Waals surface area contributed by atoms with Gasteiger partial charge in [-0.15, -0.1) is 11.8 Å². The molecule has 2 aromatic carbocycles. The number of hydrogen-bond donors (Lipinski definition) is 0. The first-order valence-electron chi connectivity index (χ1n) is 5.63. The minimum absolute atomic E-state index is 0.0664. The highest BCUT2D eigenvalue weighted by Crippen LogP contribution is 2.30. The van der Waals surface area contributed by atoms with E-state index in [1.54, 1.807) is 11.8 Å². The molecule has 1 atom stereocenters. The third-order valence-electron chi connectivity index (χ3n) is 2.60. The second-order valence-electron chi connectivity index (χ2n) is 3.83. The summed E-state index contributed by atoms with van der Waals surface area (Å²) < 4.78 is 1.08. The molecule has 0 amide bonds. The van der Waals surface area contributed by atoms with E-state index in [-0.39, 0.29) is 5.92 Å². The number of nitrogens with zero attached hydrogens (tertiary/aromatic N) is 1. The van der Waals surface area contributed by atoms with E-state index in [0.717, 1.165) is 15.8 Å². The molecule has 0 aliphatic carbocycles. The molecule has 0 heterocycles. The molecule has 0 aromatic heterocycles. The van der Waals surface area contributed by atoms with E-state index in [2.05, 4.69) is 28.1 Å². The molecule has 0 aliphatic heterocycles. The van der Waals surface area contributed by atoms with Crippen molar-refractivity contribution in [3.63, 3.8) is 0 Å². The maximum absolute atomic E-state index is 9.25. The molecule has 2 rings (SSSR count). The Morgan fingerprint density at radius 2 is 1.72 bits per heavy atom. The highest BCUT2D eigenvalue weighted by molar-refractivity contribution is 9.10. The Kier molecular flexibility index (Phi) is 4.86. The van der Waals surface area contributed by atoms with Gasteiger partial charge in [0.1, 0.15) is 0 Å². The zero-order chi connectivity index (χ0) is 12.8. The van der Waals surface area contributed by atoms with E-state index >= 15 is 0 Å². The Hall–Kier alpha value is -1.24. The van der Waals surface area contributed by atoms with Crippen molar-refractivity contribution in [3.8, 4) is 6.07 Å². The topological polar surface area (TPSA) is 23.8 Å². The molecule has 0 saturated heterocycles. The first kappa shape index (κ1) is 13.2. The standard InChI is InChI=1S/C15H12BrNS/c16-14-8-4-5-9-15(14)18-11-13(10-17)12-6-2-1-3-7-12/h1-9,13H,11H2. The summed E-state index contributed by atoms with van der Waals surface area (Å²) >= 11 is 5.23. The van der Waals surface area contributed by atoms with E-state index in [0.29, 0.717) is 0 Å². The largest absolute Gasteiger partial charge is 0.198 e. The number of nitriles is 1. The molecule has 0 N–H and O–H groups in total. The lowest BCUT2D eigenvalue weighted by Gasteiger charge is -2.09. The molecule has 1 unspecified atom stereocenters. The predicted octanol–water partition coefficient (Wildman–Crippen LogP) is 4.85. The summed E-state index contributed by atoms with van der Waals surface area (Å²) in [7, 11) is 0. The van der Waals surface area contributed by atoms with Crippen molar-refractivity contribution < 1.29 is 0 Å². The Morgan fingerprint density at radius 3 is 2.39 bits per heavy atom. The van der Waals surface area contributed by atoms with Crippen LogP contribution in [0.15, 0.2) is 64.0 Å². The molecule has 2 aromatic rings. The van der Waals surface area contributed by atoms with Crippen LogP contribution in [0.5, 0.6) is 0 Å². The maximum atomic E-state index is 9.25. The summed E-state index contributed by atoms with van der Waals surface area (Å²) in [4.78, 5) is 1.17. The highest BCUT2D eigenvalue weighted by atomic mass is 79.9. The van der Waals surface area contributed by atoms with Crippen molar-refractivity contribution >= 4 is 27.7 Å². The van der Waals surface area contributed by atoms with Crippen molar-refractivity contribution in [2.45, 2.75) is 10.8 Å². The first-order valence-corrected chi connectivity index (χ1v) is 7.41. The Balaban J connectivity index is 2.05. The second kappa shape index (κ2) is 6.63. The molecule has 0 bridgehead atoms. The van der Waals surface area contributed by atoms with Crippen molar-refractivity contribution in [2.24, 2.45) is 0 Å². The third kappa shape index (κ3) is 3.38. The molecule has 0 spiro atoms. The lowest BCUT2D eigenvalue weighted by atomic mass is 10.0. The van der Waals surface area contributed by atoms with Crippen LogP contribution in [-0.2, 0) is 0 Å². The Morgan fingerprint density at radius 1 is 1.06 bits per heavy atom. The SMILES string of the molecule is N#CC(CSc1ccccc1Br)c1ccccc1. The van der Waals surface area contributed by atoms with Gasteiger partial charge in [-0.1, -0.05) is 42.5 Å². The van der Waals surface area contributed by atoms with Gasteiger partial charge in [0, 0.05) is 15.1 Å². The van der Waals surface area contributed by atoms with E-state index < -0.39 is 0 Å². The van der Waals surface area contributed by atoms with Gasteiger partial charge >= 0.3 is 0 Å². The average Bonchev–Trinajstić information content (AvgIpc) is 2.42. The van der Waals surface area contributed by atoms with E-state index in [1.807, 2.05) is 48.5 Å². The second-order valence-corrected chi connectivity index (χ2v) is 5.75. The quantitative estimate of drug-likeness (QED) is 0.753. The highest BCUT2D eigenvalue weighted by Gasteiger charge is 2.11. The molecule has 1 nitrogen and oxygen atoms in total. The lowest BCUT2D eigenvalue weighted by molar-refractivity contribution is 0.996. The molecule has 0 radical (unpaired) electrons. The lowest BCUT2D eigenvalue weighted by Crippen LogP contribution is -1.98. The van der Waals surface area contributed by atoms with Crippen LogP contribution in [0.1, 0.15) is 11.5 Å². The fourth-order valence-corrected chi connectivity index (χ4v) is 3.25. The predicted molar refractivity (Wildman–Crippen MR) is 79.7 cm³/mol. The van der Waals surface area contributed by atoms with Gasteiger partial charge in [0.25, 0.3) is 0 Å². The third-order valence-corrected chi connectivity index (χ3v) is 4.72. The van der Waals surface area contributed by atoms with E-state index in [9.17, 15) is 5.26 Å². The van der Waals surface area contributed by atoms with Gasteiger partial charge in [-0.25, -0.2) is 0 Å². The molecular formula is C15H12BrNS. The van der Waals surface area contributed by atoms with Gasteiger partial charge in [-0.05, 0) is 33.6 Å². The van der Waals surface area contributed by atoms with Crippen molar-refractivity contribution in [2.75, 3.05) is 5.75 Å². The molecular weight excluding hydrogens is 306 g/mol. The molecule has 0 fully saturated rings. The monoisotopic (exact) mass is 317 g/mol. The van der Waals surface area contributed by atoms with Crippen LogP contribution >= 0.6 is 27.7 Å². The van der Waals surface area contributed by atoms with Crippen LogP contribution in [0.2, 0.25) is 0 Å². The minimum atomic E-state index is -0.0664. The summed E-state index contributed by atoms with van der Waals surface area (Å²) in [6.07, 6.45) is 0. The van der Waals surface area contributed by atoms with Gasteiger partial charge in [0.15, 0.2) is 0 Å². The molecule has 3 heteroatoms. The number of halogens is 1. The zero-order valence-corrected chi connectivity index (χ0v) is 12.1. The van der Waals surface area contributed by atoms with Crippen molar-refractivity contribution in [1.29, 1.82) is 5.26 Å². The summed E-state index contributed by atoms with van der Waals surface area (Å²) in [6.45, 7) is 0. The summed E-state index contributed by atoms with van der Waals surface area (Å²) in [5.41, 5.74) is 1.08. The average molecular weight is 318 g/mol. The number of benzene rings is 2. The molecule has 0 saturated carbocycles. The summed E-state index contributed by atoms with van der Waals surface area (Å²) in [5.74, 6) is 0.701. The summed E-state index contributed by atoms with van der Waals surface area (Å²) in [6, 6.07) is 20.4. The fraction of sp³-hybridized carbons (Fsp3) is 0.133. The molecule has 18 heavy (non-hydrogen) atoms. The zero-order valence-electron chi connectivity index (χ0n) is 9.71.